The molecule has 4 aromatic carbocycles. The van der Waals surface area contributed by atoms with Crippen molar-refractivity contribution in [2.75, 3.05) is 11.8 Å². The Morgan fingerprint density at radius 1 is 0.889 bits per heavy atom. The molecule has 0 radical (unpaired) electrons. The lowest BCUT2D eigenvalue weighted by molar-refractivity contribution is 0.0696. The Balaban J connectivity index is 1.38. The normalized spacial score (nSPS) is 11.4. The fraction of sp³-hybridized carbons (Fsp3) is 0.0370. The number of carboxylic acid groups (broad SMARTS) is 1. The molecule has 2 N–H and O–H groups in total. The van der Waals surface area contributed by atoms with Crippen LogP contribution in [0.25, 0.3) is 32.5 Å². The molecular formula is C27H20N2O5S2. The molecule has 0 aliphatic rings. The molecule has 0 bridgehead atoms. The number of anilines is 1. The van der Waals surface area contributed by atoms with E-state index in [1.807, 2.05) is 36.4 Å². The van der Waals surface area contributed by atoms with Crippen LogP contribution in [0.2, 0.25) is 0 Å². The Morgan fingerprint density at radius 2 is 1.58 bits per heavy atom. The minimum absolute atomic E-state index is 0.0159. The molecule has 5 rings (SSSR count). The molecule has 9 heteroatoms. The Hall–Kier alpha value is -4.21. The van der Waals surface area contributed by atoms with E-state index < -0.39 is 16.0 Å². The summed E-state index contributed by atoms with van der Waals surface area (Å²) in [5, 5.41) is 13.4. The predicted molar refractivity (Wildman–Crippen MR) is 141 cm³/mol. The third kappa shape index (κ3) is 4.66. The number of rotatable bonds is 7. The van der Waals surface area contributed by atoms with Gasteiger partial charge >= 0.3 is 5.97 Å². The average molecular weight is 517 g/mol. The van der Waals surface area contributed by atoms with E-state index in [9.17, 15) is 13.2 Å². The molecule has 0 fully saturated rings. The first kappa shape index (κ1) is 23.5. The summed E-state index contributed by atoms with van der Waals surface area (Å²) in [7, 11) is -2.68. The number of fused-ring (bicyclic) bond motifs is 1. The van der Waals surface area contributed by atoms with Gasteiger partial charge in [-0.3, -0.25) is 4.72 Å². The number of aromatic carboxylic acids is 1. The molecule has 36 heavy (non-hydrogen) atoms. The molecule has 0 atom stereocenters. The van der Waals surface area contributed by atoms with Crippen LogP contribution in [-0.2, 0) is 10.0 Å². The van der Waals surface area contributed by atoms with Gasteiger partial charge in [0.2, 0.25) is 0 Å². The molecule has 0 aliphatic heterocycles. The number of carbonyl (C=O) groups is 1. The summed E-state index contributed by atoms with van der Waals surface area (Å²) in [5.41, 5.74) is 3.05. The van der Waals surface area contributed by atoms with Crippen LogP contribution in [0.1, 0.15) is 10.4 Å². The van der Waals surface area contributed by atoms with Crippen LogP contribution >= 0.6 is 11.3 Å². The summed E-state index contributed by atoms with van der Waals surface area (Å²) in [4.78, 5) is 15.5. The van der Waals surface area contributed by atoms with Crippen LogP contribution in [0.5, 0.6) is 5.75 Å². The molecule has 0 saturated carbocycles. The van der Waals surface area contributed by atoms with Gasteiger partial charge in [-0.25, -0.2) is 9.78 Å². The van der Waals surface area contributed by atoms with Crippen LogP contribution in [0.15, 0.2) is 95.3 Å². The SMILES string of the molecule is COc1cc(C(=O)O)ccc1NS(=O)(=O)c1csc(-c2ccc(-c3ccc4ccccc4c3)cc2)n1. The first-order valence-electron chi connectivity index (χ1n) is 10.8. The molecule has 7 nitrogen and oxygen atoms in total. The number of benzene rings is 4. The summed E-state index contributed by atoms with van der Waals surface area (Å²) in [5.74, 6) is -1.04. The summed E-state index contributed by atoms with van der Waals surface area (Å²) >= 11 is 1.22. The summed E-state index contributed by atoms with van der Waals surface area (Å²) in [6.45, 7) is 0. The van der Waals surface area contributed by atoms with Crippen molar-refractivity contribution in [1.82, 2.24) is 4.98 Å². The molecule has 180 valence electrons. The number of ether oxygens (including phenoxy) is 1. The van der Waals surface area contributed by atoms with Gasteiger partial charge in [0.15, 0.2) is 5.03 Å². The van der Waals surface area contributed by atoms with Gasteiger partial charge in [-0.15, -0.1) is 11.3 Å². The molecule has 0 spiro atoms. The van der Waals surface area contributed by atoms with Gasteiger partial charge in [0.25, 0.3) is 10.0 Å². The number of carboxylic acids is 1. The second kappa shape index (κ2) is 9.44. The number of nitrogens with one attached hydrogen (secondary N) is 1. The Bertz CT molecular complexity index is 1690. The third-order valence-corrected chi connectivity index (χ3v) is 7.95. The molecular weight excluding hydrogens is 496 g/mol. The smallest absolute Gasteiger partial charge is 0.335 e. The lowest BCUT2D eigenvalue weighted by Gasteiger charge is -2.11. The Morgan fingerprint density at radius 3 is 2.31 bits per heavy atom. The van der Waals surface area contributed by atoms with Gasteiger partial charge in [-0.2, -0.15) is 8.42 Å². The van der Waals surface area contributed by atoms with Gasteiger partial charge in [-0.05, 0) is 46.2 Å². The largest absolute Gasteiger partial charge is 0.495 e. The lowest BCUT2D eigenvalue weighted by atomic mass is 10.0. The van der Waals surface area contributed by atoms with Crippen molar-refractivity contribution in [1.29, 1.82) is 0 Å². The lowest BCUT2D eigenvalue weighted by Crippen LogP contribution is -2.14. The van der Waals surface area contributed by atoms with Crippen molar-refractivity contribution in [2.24, 2.45) is 0 Å². The molecule has 0 saturated heterocycles. The quantitative estimate of drug-likeness (QED) is 0.269. The van der Waals surface area contributed by atoms with Gasteiger partial charge in [0.05, 0.1) is 18.4 Å². The number of methoxy groups -OCH3 is 1. The molecule has 0 unspecified atom stereocenters. The highest BCUT2D eigenvalue weighted by Crippen LogP contribution is 2.32. The molecule has 5 aromatic rings. The number of sulfonamides is 1. The highest BCUT2D eigenvalue weighted by molar-refractivity contribution is 7.92. The van der Waals surface area contributed by atoms with Gasteiger partial charge in [-0.1, -0.05) is 60.7 Å². The molecule has 1 aromatic heterocycles. The van der Waals surface area contributed by atoms with Crippen molar-refractivity contribution in [2.45, 2.75) is 5.03 Å². The van der Waals surface area contributed by atoms with Crippen molar-refractivity contribution >= 4 is 43.8 Å². The predicted octanol–water partition coefficient (Wildman–Crippen LogP) is 6.14. The summed E-state index contributed by atoms with van der Waals surface area (Å²) < 4.78 is 33.5. The number of hydrogen-bond acceptors (Lipinski definition) is 6. The van der Waals surface area contributed by atoms with E-state index >= 15 is 0 Å². The molecule has 0 amide bonds. The van der Waals surface area contributed by atoms with Crippen LogP contribution in [0, 0.1) is 0 Å². The van der Waals surface area contributed by atoms with E-state index in [2.05, 4.69) is 40.0 Å². The highest BCUT2D eigenvalue weighted by atomic mass is 32.2. The zero-order chi connectivity index (χ0) is 25.3. The average Bonchev–Trinajstić information content (AvgIpc) is 3.40. The first-order chi connectivity index (χ1) is 17.3. The summed E-state index contributed by atoms with van der Waals surface area (Å²) in [6.07, 6.45) is 0. The monoisotopic (exact) mass is 516 g/mol. The Kier molecular flexibility index (Phi) is 6.17. The second-order valence-electron chi connectivity index (χ2n) is 7.96. The maximum atomic E-state index is 12.9. The maximum absolute atomic E-state index is 12.9. The maximum Gasteiger partial charge on any atom is 0.335 e. The van der Waals surface area contributed by atoms with E-state index in [0.717, 1.165) is 22.1 Å². The fourth-order valence-corrected chi connectivity index (χ4v) is 5.97. The number of aromatic nitrogens is 1. The van der Waals surface area contributed by atoms with Crippen molar-refractivity contribution in [3.8, 4) is 27.4 Å². The van der Waals surface area contributed by atoms with Crippen LogP contribution in [0.3, 0.4) is 0 Å². The van der Waals surface area contributed by atoms with E-state index in [1.54, 1.807) is 0 Å². The number of hydrogen-bond donors (Lipinski definition) is 2. The third-order valence-electron chi connectivity index (χ3n) is 5.67. The van der Waals surface area contributed by atoms with Crippen LogP contribution in [-0.4, -0.2) is 31.6 Å². The van der Waals surface area contributed by atoms with E-state index in [-0.39, 0.29) is 22.0 Å². The first-order valence-corrected chi connectivity index (χ1v) is 13.2. The Labute approximate surface area is 211 Å². The second-order valence-corrected chi connectivity index (χ2v) is 10.4. The number of nitrogens with zero attached hydrogens (tertiary/aromatic N) is 1. The standard InChI is InChI=1S/C27H20N2O5S2/c1-34-24-15-22(27(30)31)12-13-23(24)29-36(32,33)25-16-35-26(28-25)19-9-6-18(7-10-19)21-11-8-17-4-2-3-5-20(17)14-21/h2-16,29H,1H3,(H,30,31). The van der Waals surface area contributed by atoms with E-state index in [0.29, 0.717) is 5.01 Å². The molecule has 1 heterocycles. The van der Waals surface area contributed by atoms with Crippen molar-refractivity contribution in [3.05, 3.63) is 95.9 Å². The van der Waals surface area contributed by atoms with E-state index in [4.69, 9.17) is 9.84 Å². The zero-order valence-electron chi connectivity index (χ0n) is 19.0. The fourth-order valence-electron chi connectivity index (χ4n) is 3.79. The topological polar surface area (TPSA) is 106 Å². The molecule has 0 aliphatic carbocycles. The van der Waals surface area contributed by atoms with Crippen molar-refractivity contribution in [3.63, 3.8) is 0 Å². The minimum Gasteiger partial charge on any atom is -0.495 e. The van der Waals surface area contributed by atoms with Crippen molar-refractivity contribution < 1.29 is 23.1 Å². The highest BCUT2D eigenvalue weighted by Gasteiger charge is 2.21. The minimum atomic E-state index is -4.02. The van der Waals surface area contributed by atoms with E-state index in [1.165, 1.54) is 47.4 Å². The van der Waals surface area contributed by atoms with Crippen LogP contribution in [0.4, 0.5) is 5.69 Å². The summed E-state index contributed by atoms with van der Waals surface area (Å²) in [6, 6.07) is 26.2. The van der Waals surface area contributed by atoms with Gasteiger partial charge in [0, 0.05) is 10.9 Å². The van der Waals surface area contributed by atoms with Gasteiger partial charge in [0.1, 0.15) is 10.8 Å². The van der Waals surface area contributed by atoms with Crippen LogP contribution < -0.4 is 9.46 Å². The van der Waals surface area contributed by atoms with Gasteiger partial charge < -0.3 is 9.84 Å². The number of thiazole rings is 1. The zero-order valence-corrected chi connectivity index (χ0v) is 20.6.